The number of morpholine rings is 1. The van der Waals surface area contributed by atoms with E-state index in [1.807, 2.05) is 19.2 Å². The maximum atomic E-state index is 12.0. The summed E-state index contributed by atoms with van der Waals surface area (Å²) >= 11 is 6.34. The lowest BCUT2D eigenvalue weighted by molar-refractivity contribution is -0.143. The summed E-state index contributed by atoms with van der Waals surface area (Å²) in [5.41, 5.74) is 6.41. The topological polar surface area (TPSA) is 69.0 Å². The third kappa shape index (κ3) is 5.54. The Balaban J connectivity index is 1.81. The van der Waals surface area contributed by atoms with Gasteiger partial charge in [-0.3, -0.25) is 14.7 Å². The molecule has 1 fully saturated rings. The second-order valence-electron chi connectivity index (χ2n) is 8.21. The molecule has 4 rings (SSSR count). The van der Waals surface area contributed by atoms with Crippen molar-refractivity contribution in [1.29, 1.82) is 0 Å². The van der Waals surface area contributed by atoms with Crippen molar-refractivity contribution in [2.45, 2.75) is 46.1 Å². The molecule has 0 aromatic carbocycles. The van der Waals surface area contributed by atoms with Crippen molar-refractivity contribution in [2.75, 3.05) is 32.9 Å². The third-order valence-corrected chi connectivity index (χ3v) is 6.21. The number of fused-ring (bicyclic) bond motifs is 1. The maximum absolute atomic E-state index is 12.0. The van der Waals surface area contributed by atoms with Gasteiger partial charge in [-0.1, -0.05) is 18.5 Å². The molecule has 7 nitrogen and oxygen atoms in total. The molecule has 8 heteroatoms. The Morgan fingerprint density at radius 1 is 1.21 bits per heavy atom. The smallest absolute Gasteiger partial charge is 0.305 e. The zero-order valence-corrected chi connectivity index (χ0v) is 20.1. The lowest BCUT2D eigenvalue weighted by Crippen LogP contribution is -2.36. The van der Waals surface area contributed by atoms with Gasteiger partial charge in [-0.2, -0.15) is 5.10 Å². The first-order valence-corrected chi connectivity index (χ1v) is 12.1. The van der Waals surface area contributed by atoms with Gasteiger partial charge in [0.2, 0.25) is 0 Å². The summed E-state index contributed by atoms with van der Waals surface area (Å²) < 4.78 is 12.7. The normalized spacial score (nSPS) is 14.6. The van der Waals surface area contributed by atoms with E-state index in [-0.39, 0.29) is 5.97 Å². The molecule has 0 amide bonds. The molecule has 33 heavy (non-hydrogen) atoms. The van der Waals surface area contributed by atoms with Crippen molar-refractivity contribution in [2.24, 2.45) is 0 Å². The van der Waals surface area contributed by atoms with E-state index in [9.17, 15) is 4.79 Å². The van der Waals surface area contributed by atoms with Crippen LogP contribution in [0, 0.1) is 0 Å². The number of rotatable bonds is 9. The van der Waals surface area contributed by atoms with Crippen LogP contribution in [0.25, 0.3) is 16.6 Å². The number of carbonyl (C=O) groups is 1. The molecule has 0 unspecified atom stereocenters. The van der Waals surface area contributed by atoms with Gasteiger partial charge >= 0.3 is 5.97 Å². The maximum Gasteiger partial charge on any atom is 0.305 e. The molecule has 1 aliphatic rings. The predicted octanol–water partition coefficient (Wildman–Crippen LogP) is 4.33. The lowest BCUT2D eigenvalue weighted by atomic mass is 9.95. The molecular formula is C25H31ClN4O3. The summed E-state index contributed by atoms with van der Waals surface area (Å²) in [7, 11) is 0. The molecule has 0 bridgehead atoms. The quantitative estimate of drug-likeness (QED) is 0.433. The average molecular weight is 471 g/mol. The standard InChI is InChI=1S/C25H31ClN4O3/c1-3-20-8-9-23-25(18-14-19(26)16-27-15-18)21(6-5-7-24(31)33-4-2)22(28-30(20)23)17-29-10-12-32-13-11-29/h8-9,14-16H,3-7,10-13,17H2,1-2H3. The molecule has 0 aliphatic carbocycles. The Hall–Kier alpha value is -2.48. The second-order valence-corrected chi connectivity index (χ2v) is 8.65. The summed E-state index contributed by atoms with van der Waals surface area (Å²) in [6.07, 6.45) is 6.17. The molecule has 0 atom stereocenters. The van der Waals surface area contributed by atoms with Crippen LogP contribution in [-0.4, -0.2) is 58.4 Å². The Morgan fingerprint density at radius 2 is 2.03 bits per heavy atom. The minimum atomic E-state index is -0.164. The van der Waals surface area contributed by atoms with Gasteiger partial charge in [0.05, 0.1) is 36.1 Å². The number of aromatic nitrogens is 3. The molecule has 3 aromatic heterocycles. The number of carbonyl (C=O) groups excluding carboxylic acids is 1. The van der Waals surface area contributed by atoms with Crippen molar-refractivity contribution in [3.05, 3.63) is 52.6 Å². The fraction of sp³-hybridized carbons (Fsp3) is 0.480. The number of pyridine rings is 1. The van der Waals surface area contributed by atoms with Crippen LogP contribution in [0.4, 0.5) is 0 Å². The molecule has 4 heterocycles. The number of esters is 1. The van der Waals surface area contributed by atoms with Crippen LogP contribution >= 0.6 is 11.6 Å². The van der Waals surface area contributed by atoms with E-state index in [4.69, 9.17) is 26.2 Å². The Morgan fingerprint density at radius 3 is 2.76 bits per heavy atom. The van der Waals surface area contributed by atoms with Crippen LogP contribution in [-0.2, 0) is 33.7 Å². The van der Waals surface area contributed by atoms with E-state index < -0.39 is 0 Å². The number of hydrogen-bond donors (Lipinski definition) is 0. The lowest BCUT2D eigenvalue weighted by Gasteiger charge is -2.28. The third-order valence-electron chi connectivity index (χ3n) is 6.01. The number of halogens is 1. The van der Waals surface area contributed by atoms with Gasteiger partial charge < -0.3 is 9.47 Å². The highest BCUT2D eigenvalue weighted by Crippen LogP contribution is 2.34. The number of ether oxygens (including phenoxy) is 2. The Labute approximate surface area is 199 Å². The predicted molar refractivity (Wildman–Crippen MR) is 128 cm³/mol. The zero-order chi connectivity index (χ0) is 23.2. The molecule has 176 valence electrons. The van der Waals surface area contributed by atoms with E-state index >= 15 is 0 Å². The van der Waals surface area contributed by atoms with Gasteiger partial charge in [-0.05, 0) is 49.9 Å². The summed E-state index contributed by atoms with van der Waals surface area (Å²) in [5.74, 6) is -0.164. The van der Waals surface area contributed by atoms with Gasteiger partial charge in [0, 0.05) is 55.3 Å². The van der Waals surface area contributed by atoms with Crippen molar-refractivity contribution in [3.63, 3.8) is 0 Å². The SMILES string of the molecule is CCOC(=O)CCCc1c(CN2CCOCC2)nn2c(CC)ccc2c1-c1cncc(Cl)c1. The van der Waals surface area contributed by atoms with E-state index in [1.165, 1.54) is 0 Å². The van der Waals surface area contributed by atoms with Gasteiger partial charge in [0.15, 0.2) is 0 Å². The highest BCUT2D eigenvalue weighted by atomic mass is 35.5. The van der Waals surface area contributed by atoms with Crippen molar-refractivity contribution >= 4 is 23.1 Å². The number of aryl methyl sites for hydroxylation is 1. The van der Waals surface area contributed by atoms with Crippen LogP contribution < -0.4 is 0 Å². The van der Waals surface area contributed by atoms with E-state index in [1.54, 1.807) is 6.20 Å². The van der Waals surface area contributed by atoms with Gasteiger partial charge in [0.25, 0.3) is 0 Å². The molecule has 1 aliphatic heterocycles. The van der Waals surface area contributed by atoms with E-state index in [0.29, 0.717) is 24.5 Å². The van der Waals surface area contributed by atoms with Gasteiger partial charge in [-0.25, -0.2) is 4.52 Å². The highest BCUT2D eigenvalue weighted by molar-refractivity contribution is 6.30. The molecule has 3 aromatic rings. The van der Waals surface area contributed by atoms with Crippen LogP contribution in [0.1, 0.15) is 43.6 Å². The first-order valence-electron chi connectivity index (χ1n) is 11.7. The fourth-order valence-electron chi connectivity index (χ4n) is 4.41. The minimum absolute atomic E-state index is 0.164. The Bertz CT molecular complexity index is 1110. The first kappa shape index (κ1) is 23.7. The van der Waals surface area contributed by atoms with Crippen LogP contribution in [0.5, 0.6) is 0 Å². The largest absolute Gasteiger partial charge is 0.466 e. The van der Waals surface area contributed by atoms with Crippen LogP contribution in [0.15, 0.2) is 30.6 Å². The highest BCUT2D eigenvalue weighted by Gasteiger charge is 2.22. The summed E-state index contributed by atoms with van der Waals surface area (Å²) in [6, 6.07) is 6.20. The minimum Gasteiger partial charge on any atom is -0.466 e. The fourth-order valence-corrected chi connectivity index (χ4v) is 4.58. The van der Waals surface area contributed by atoms with Crippen molar-refractivity contribution in [1.82, 2.24) is 19.5 Å². The van der Waals surface area contributed by atoms with Gasteiger partial charge in [0.1, 0.15) is 0 Å². The van der Waals surface area contributed by atoms with E-state index in [2.05, 4.69) is 33.5 Å². The van der Waals surface area contributed by atoms with Crippen molar-refractivity contribution < 1.29 is 14.3 Å². The molecule has 0 radical (unpaired) electrons. The number of hydrogen-bond acceptors (Lipinski definition) is 6. The average Bonchev–Trinajstić information content (AvgIpc) is 3.22. The molecular weight excluding hydrogens is 440 g/mol. The Kier molecular flexibility index (Phi) is 7.96. The molecule has 0 N–H and O–H groups in total. The second kappa shape index (κ2) is 11.1. The van der Waals surface area contributed by atoms with Crippen molar-refractivity contribution in [3.8, 4) is 11.1 Å². The molecule has 1 saturated heterocycles. The molecule has 0 saturated carbocycles. The summed E-state index contributed by atoms with van der Waals surface area (Å²) in [4.78, 5) is 18.7. The van der Waals surface area contributed by atoms with Crippen LogP contribution in [0.3, 0.4) is 0 Å². The monoisotopic (exact) mass is 470 g/mol. The van der Waals surface area contributed by atoms with E-state index in [0.717, 1.165) is 79.3 Å². The first-order chi connectivity index (χ1) is 16.1. The van der Waals surface area contributed by atoms with Gasteiger partial charge in [-0.15, -0.1) is 0 Å². The number of nitrogens with zero attached hydrogens (tertiary/aromatic N) is 4. The zero-order valence-electron chi connectivity index (χ0n) is 19.3. The summed E-state index contributed by atoms with van der Waals surface area (Å²) in [5, 5.41) is 5.70. The van der Waals surface area contributed by atoms with Crippen LogP contribution in [0.2, 0.25) is 5.02 Å². The summed E-state index contributed by atoms with van der Waals surface area (Å²) in [6.45, 7) is 8.32. The molecule has 0 spiro atoms.